The van der Waals surface area contributed by atoms with Crippen molar-refractivity contribution in [3.63, 3.8) is 0 Å². The Kier molecular flexibility index (Phi) is 9.15. The summed E-state index contributed by atoms with van der Waals surface area (Å²) in [5.74, 6) is -0.159. The van der Waals surface area contributed by atoms with Crippen LogP contribution in [0.3, 0.4) is 0 Å². The predicted octanol–water partition coefficient (Wildman–Crippen LogP) is 0.694. The topological polar surface area (TPSA) is 98.3 Å². The molecule has 3 fully saturated rings. The van der Waals surface area contributed by atoms with Gasteiger partial charge >= 0.3 is 0 Å². The fraction of sp³-hybridized carbons (Fsp3) is 0.704. The first-order valence-corrected chi connectivity index (χ1v) is 13.5. The zero-order chi connectivity index (χ0) is 26.4. The number of nitrogens with zero attached hydrogens (tertiary/aromatic N) is 5. The van der Waals surface area contributed by atoms with E-state index in [1.54, 1.807) is 29.4 Å². The number of hydrogen-bond acceptors (Lipinski definition) is 7. The molecule has 10 heteroatoms. The van der Waals surface area contributed by atoms with Crippen LogP contribution in [0.2, 0.25) is 0 Å². The highest BCUT2D eigenvalue weighted by molar-refractivity contribution is 5.98. The number of nitrogens with one attached hydrogen (secondary N) is 1. The standard InChI is InChI=1S/C27H42N6O4/c1-27(2,3)18-24(34)32(12-11-30-13-15-37-16-14-30)22-17-23(26(36)31-9-7-28-8-10-31)33(20-22)25(35)21-5-4-6-29-19-21/h4-6,19,22-23,28H,7-18,20H2,1-3H3. The highest BCUT2D eigenvalue weighted by atomic mass is 16.5. The fourth-order valence-electron chi connectivity index (χ4n) is 5.39. The van der Waals surface area contributed by atoms with Crippen molar-refractivity contribution in [2.75, 3.05) is 72.1 Å². The highest BCUT2D eigenvalue weighted by Gasteiger charge is 2.45. The minimum Gasteiger partial charge on any atom is -0.379 e. The number of likely N-dealkylation sites (tertiary alicyclic amines) is 1. The number of ether oxygens (including phenoxy) is 1. The van der Waals surface area contributed by atoms with Crippen molar-refractivity contribution in [2.45, 2.75) is 45.7 Å². The van der Waals surface area contributed by atoms with Crippen LogP contribution < -0.4 is 5.32 Å². The molecule has 1 aromatic heterocycles. The van der Waals surface area contributed by atoms with Gasteiger partial charge in [0.05, 0.1) is 24.8 Å². The number of rotatable bonds is 7. The van der Waals surface area contributed by atoms with Gasteiger partial charge in [-0.05, 0) is 24.0 Å². The van der Waals surface area contributed by atoms with Gasteiger partial charge in [-0.15, -0.1) is 0 Å². The van der Waals surface area contributed by atoms with Gasteiger partial charge in [0.2, 0.25) is 11.8 Å². The zero-order valence-corrected chi connectivity index (χ0v) is 22.5. The third-order valence-electron chi connectivity index (χ3n) is 7.37. The molecule has 3 aliphatic rings. The van der Waals surface area contributed by atoms with E-state index in [0.29, 0.717) is 57.8 Å². The summed E-state index contributed by atoms with van der Waals surface area (Å²) in [7, 11) is 0. The lowest BCUT2D eigenvalue weighted by molar-refractivity contribution is -0.137. The van der Waals surface area contributed by atoms with Crippen LogP contribution in [0.15, 0.2) is 24.5 Å². The molecule has 0 aliphatic carbocycles. The van der Waals surface area contributed by atoms with Gasteiger partial charge in [-0.25, -0.2) is 0 Å². The monoisotopic (exact) mass is 514 g/mol. The molecule has 0 spiro atoms. The van der Waals surface area contributed by atoms with Crippen LogP contribution in [0.1, 0.15) is 44.0 Å². The number of morpholine rings is 1. The average Bonchev–Trinajstić information content (AvgIpc) is 3.33. The summed E-state index contributed by atoms with van der Waals surface area (Å²) in [5.41, 5.74) is 0.302. The third kappa shape index (κ3) is 7.27. The SMILES string of the molecule is CC(C)(C)CC(=O)N(CCN1CCOCC1)C1CC(C(=O)N2CCNCC2)N(C(=O)c2cccnc2)C1. The van der Waals surface area contributed by atoms with Crippen molar-refractivity contribution in [1.29, 1.82) is 0 Å². The number of pyridine rings is 1. The molecule has 4 rings (SSSR count). The van der Waals surface area contributed by atoms with Crippen LogP contribution in [0.25, 0.3) is 0 Å². The second-order valence-corrected chi connectivity index (χ2v) is 11.5. The quantitative estimate of drug-likeness (QED) is 0.572. The van der Waals surface area contributed by atoms with Crippen LogP contribution in [0.5, 0.6) is 0 Å². The van der Waals surface area contributed by atoms with Crippen molar-refractivity contribution >= 4 is 17.7 Å². The van der Waals surface area contributed by atoms with E-state index in [2.05, 4.69) is 36.0 Å². The van der Waals surface area contributed by atoms with Gasteiger partial charge in [-0.2, -0.15) is 0 Å². The summed E-state index contributed by atoms with van der Waals surface area (Å²) in [5, 5.41) is 3.28. The van der Waals surface area contributed by atoms with E-state index in [9.17, 15) is 14.4 Å². The van der Waals surface area contributed by atoms with Crippen molar-refractivity contribution in [3.05, 3.63) is 30.1 Å². The molecular formula is C27H42N6O4. The fourth-order valence-corrected chi connectivity index (χ4v) is 5.39. The lowest BCUT2D eigenvalue weighted by atomic mass is 9.91. The van der Waals surface area contributed by atoms with Crippen LogP contribution >= 0.6 is 0 Å². The van der Waals surface area contributed by atoms with Crippen LogP contribution in [-0.2, 0) is 14.3 Å². The summed E-state index contributed by atoms with van der Waals surface area (Å²) in [6, 6.07) is 2.66. The molecule has 1 N–H and O–H groups in total. The molecule has 10 nitrogen and oxygen atoms in total. The Morgan fingerprint density at radius 1 is 1.14 bits per heavy atom. The van der Waals surface area contributed by atoms with Gasteiger partial charge < -0.3 is 24.8 Å². The first-order valence-electron chi connectivity index (χ1n) is 13.5. The van der Waals surface area contributed by atoms with Gasteiger partial charge in [0.15, 0.2) is 0 Å². The summed E-state index contributed by atoms with van der Waals surface area (Å²) >= 11 is 0. The molecule has 3 aliphatic heterocycles. The normalized spacial score (nSPS) is 23.2. The lowest BCUT2D eigenvalue weighted by Gasteiger charge is -2.34. The molecule has 2 atom stereocenters. The van der Waals surface area contributed by atoms with Crippen LogP contribution in [-0.4, -0.2) is 127 Å². The van der Waals surface area contributed by atoms with E-state index in [1.165, 1.54) is 0 Å². The summed E-state index contributed by atoms with van der Waals surface area (Å²) < 4.78 is 5.48. The molecule has 3 saturated heterocycles. The largest absolute Gasteiger partial charge is 0.379 e. The van der Waals surface area contributed by atoms with Crippen molar-refractivity contribution < 1.29 is 19.1 Å². The maximum absolute atomic E-state index is 13.7. The molecule has 3 amide bonds. The van der Waals surface area contributed by atoms with Crippen molar-refractivity contribution in [1.82, 2.24) is 29.9 Å². The molecule has 0 saturated carbocycles. The molecule has 2 unspecified atom stereocenters. The number of amides is 3. The summed E-state index contributed by atoms with van der Waals surface area (Å²) in [4.78, 5) is 52.8. The minimum absolute atomic E-state index is 0.0300. The maximum Gasteiger partial charge on any atom is 0.256 e. The number of aromatic nitrogens is 1. The molecule has 0 aromatic carbocycles. The molecule has 204 valence electrons. The Hall–Kier alpha value is -2.56. The van der Waals surface area contributed by atoms with Gasteiger partial charge in [0.1, 0.15) is 6.04 Å². The van der Waals surface area contributed by atoms with Gasteiger partial charge in [-0.1, -0.05) is 20.8 Å². The van der Waals surface area contributed by atoms with Crippen LogP contribution in [0, 0.1) is 5.41 Å². The minimum atomic E-state index is -0.593. The summed E-state index contributed by atoms with van der Waals surface area (Å²) in [6.07, 6.45) is 4.04. The first-order chi connectivity index (χ1) is 17.7. The smallest absolute Gasteiger partial charge is 0.256 e. The average molecular weight is 515 g/mol. The van der Waals surface area contributed by atoms with Crippen molar-refractivity contribution in [2.24, 2.45) is 5.41 Å². The molecule has 0 radical (unpaired) electrons. The number of carbonyl (C=O) groups is 3. The number of hydrogen-bond donors (Lipinski definition) is 1. The van der Waals surface area contributed by atoms with Crippen molar-refractivity contribution in [3.8, 4) is 0 Å². The molecule has 37 heavy (non-hydrogen) atoms. The molecule has 1 aromatic rings. The maximum atomic E-state index is 13.7. The molecular weight excluding hydrogens is 472 g/mol. The molecule has 4 heterocycles. The van der Waals surface area contributed by atoms with E-state index in [4.69, 9.17) is 4.74 Å². The summed E-state index contributed by atoms with van der Waals surface area (Å²) in [6.45, 7) is 13.7. The Labute approximate surface area is 220 Å². The van der Waals surface area contributed by atoms with Gasteiger partial charge in [0.25, 0.3) is 5.91 Å². The predicted molar refractivity (Wildman–Crippen MR) is 140 cm³/mol. The van der Waals surface area contributed by atoms with Gasteiger partial charge in [0, 0.05) is 77.7 Å². The Bertz CT molecular complexity index is 925. The second-order valence-electron chi connectivity index (χ2n) is 11.5. The first kappa shape index (κ1) is 27.5. The third-order valence-corrected chi connectivity index (χ3v) is 7.37. The number of piperazine rings is 1. The second kappa shape index (κ2) is 12.3. The van der Waals surface area contributed by atoms with E-state index in [0.717, 1.165) is 32.7 Å². The molecule has 0 bridgehead atoms. The number of carbonyl (C=O) groups excluding carboxylic acids is 3. The lowest BCUT2D eigenvalue weighted by Crippen LogP contribution is -2.53. The van der Waals surface area contributed by atoms with E-state index in [-0.39, 0.29) is 29.2 Å². The highest BCUT2D eigenvalue weighted by Crippen LogP contribution is 2.29. The van der Waals surface area contributed by atoms with E-state index < -0.39 is 6.04 Å². The Morgan fingerprint density at radius 3 is 2.51 bits per heavy atom. The van der Waals surface area contributed by atoms with E-state index >= 15 is 0 Å². The Balaban J connectivity index is 1.57. The zero-order valence-electron chi connectivity index (χ0n) is 22.5. The Morgan fingerprint density at radius 2 is 1.86 bits per heavy atom. The van der Waals surface area contributed by atoms with Crippen LogP contribution in [0.4, 0.5) is 0 Å². The van der Waals surface area contributed by atoms with E-state index in [1.807, 2.05) is 9.80 Å². The van der Waals surface area contributed by atoms with Gasteiger partial charge in [-0.3, -0.25) is 24.3 Å².